The number of imidazole rings is 2. The van der Waals surface area contributed by atoms with E-state index in [2.05, 4.69) is 49.3 Å². The maximum Gasteiger partial charge on any atom is 0.407 e. The molecular weight excluding hydrogens is 593 g/mol. The summed E-state index contributed by atoms with van der Waals surface area (Å²) in [6.07, 6.45) is 6.88. The molecule has 0 saturated carbocycles. The first-order chi connectivity index (χ1) is 20.8. The van der Waals surface area contributed by atoms with Crippen LogP contribution in [0.4, 0.5) is 4.79 Å². The average Bonchev–Trinajstić information content (AvgIpc) is 3.60. The van der Waals surface area contributed by atoms with Gasteiger partial charge in [-0.05, 0) is 41.8 Å². The van der Waals surface area contributed by atoms with Gasteiger partial charge in [0, 0.05) is 72.8 Å². The van der Waals surface area contributed by atoms with Crippen molar-refractivity contribution in [2.45, 2.75) is 90.9 Å². The Kier molecular flexibility index (Phi) is 11.2. The van der Waals surface area contributed by atoms with Crippen molar-refractivity contribution in [1.82, 2.24) is 28.9 Å². The molecule has 0 saturated heterocycles. The van der Waals surface area contributed by atoms with Crippen LogP contribution in [0.5, 0.6) is 0 Å². The fourth-order valence-corrected chi connectivity index (χ4v) is 6.39. The molecule has 240 valence electrons. The summed E-state index contributed by atoms with van der Waals surface area (Å²) in [4.78, 5) is 37.9. The van der Waals surface area contributed by atoms with Gasteiger partial charge in [0.15, 0.2) is 0 Å². The first-order valence-electron chi connectivity index (χ1n) is 15.3. The zero-order chi connectivity index (χ0) is 31.9. The van der Waals surface area contributed by atoms with Crippen LogP contribution in [-0.2, 0) is 49.0 Å². The number of amides is 2. The van der Waals surface area contributed by atoms with E-state index in [9.17, 15) is 14.7 Å². The van der Waals surface area contributed by atoms with Gasteiger partial charge in [-0.15, -0.1) is 0 Å². The standard InChI is InChI=1S/C31H48N6O5Si2/c1-43(2,3)17-15-41-23-35-13-10-32-28(35)21-37(22-29-33-11-14-36(29)24-42-16-18-44(4,5)6)30(38)26-7-8-27-20-34(31(39)40)12-9-25(27)19-26/h7-8,10-11,13-14,19H,9,12,15-18,20-24H2,1-6H3,(H,39,40). The first kappa shape index (κ1) is 33.6. The van der Waals surface area contributed by atoms with Gasteiger partial charge in [-0.3, -0.25) is 4.79 Å². The normalized spacial score (nSPS) is 13.6. The quantitative estimate of drug-likeness (QED) is 0.170. The Balaban J connectivity index is 1.52. The second-order valence-electron chi connectivity index (χ2n) is 13.9. The highest BCUT2D eigenvalue weighted by Crippen LogP contribution is 2.23. The number of hydrogen-bond donors (Lipinski definition) is 1. The highest BCUT2D eigenvalue weighted by atomic mass is 28.3. The lowest BCUT2D eigenvalue weighted by Gasteiger charge is -2.27. The van der Waals surface area contributed by atoms with Gasteiger partial charge in [0.05, 0.1) is 13.1 Å². The topological polar surface area (TPSA) is 115 Å². The Bertz CT molecular complexity index is 1350. The van der Waals surface area contributed by atoms with Crippen LogP contribution < -0.4 is 0 Å². The third kappa shape index (κ3) is 9.87. The highest BCUT2D eigenvalue weighted by Gasteiger charge is 2.25. The minimum Gasteiger partial charge on any atom is -0.465 e. The summed E-state index contributed by atoms with van der Waals surface area (Å²) in [5.74, 6) is 1.31. The average molecular weight is 641 g/mol. The third-order valence-corrected chi connectivity index (χ3v) is 11.2. The molecule has 13 heteroatoms. The minimum atomic E-state index is -1.21. The number of fused-ring (bicyclic) bond motifs is 1. The minimum absolute atomic E-state index is 0.142. The van der Waals surface area contributed by atoms with Gasteiger partial charge in [-0.25, -0.2) is 14.8 Å². The molecule has 0 aliphatic carbocycles. The molecule has 2 amide bonds. The van der Waals surface area contributed by atoms with E-state index in [0.29, 0.717) is 51.7 Å². The summed E-state index contributed by atoms with van der Waals surface area (Å²) < 4.78 is 15.9. The van der Waals surface area contributed by atoms with E-state index in [0.717, 1.165) is 34.9 Å². The van der Waals surface area contributed by atoms with Gasteiger partial charge in [0.2, 0.25) is 0 Å². The zero-order valence-corrected chi connectivity index (χ0v) is 29.1. The number of nitrogens with zero attached hydrogens (tertiary/aromatic N) is 6. The maximum atomic E-state index is 14.1. The zero-order valence-electron chi connectivity index (χ0n) is 27.1. The number of carbonyl (C=O) groups excluding carboxylic acids is 1. The molecule has 0 bridgehead atoms. The number of hydrogen-bond acceptors (Lipinski definition) is 6. The molecule has 1 N–H and O–H groups in total. The predicted molar refractivity (Wildman–Crippen MR) is 175 cm³/mol. The molecule has 4 rings (SSSR count). The van der Waals surface area contributed by atoms with Gasteiger partial charge >= 0.3 is 6.09 Å². The molecule has 1 aromatic carbocycles. The fourth-order valence-electron chi connectivity index (χ4n) is 4.87. The lowest BCUT2D eigenvalue weighted by molar-refractivity contribution is 0.0650. The molecule has 3 heterocycles. The van der Waals surface area contributed by atoms with E-state index in [-0.39, 0.29) is 19.0 Å². The van der Waals surface area contributed by atoms with E-state index in [4.69, 9.17) is 9.47 Å². The largest absolute Gasteiger partial charge is 0.465 e. The van der Waals surface area contributed by atoms with Crippen LogP contribution in [0, 0.1) is 0 Å². The van der Waals surface area contributed by atoms with E-state index >= 15 is 0 Å². The molecule has 0 spiro atoms. The monoisotopic (exact) mass is 640 g/mol. The number of carboxylic acid groups (broad SMARTS) is 1. The van der Waals surface area contributed by atoms with Gasteiger partial charge < -0.3 is 33.5 Å². The van der Waals surface area contributed by atoms with Crippen molar-refractivity contribution in [1.29, 1.82) is 0 Å². The molecular formula is C31H48N6O5Si2. The van der Waals surface area contributed by atoms with Crippen LogP contribution in [0.2, 0.25) is 51.4 Å². The van der Waals surface area contributed by atoms with E-state index < -0.39 is 22.2 Å². The van der Waals surface area contributed by atoms with Crippen LogP contribution in [0.1, 0.15) is 33.1 Å². The van der Waals surface area contributed by atoms with Crippen molar-refractivity contribution >= 4 is 28.1 Å². The van der Waals surface area contributed by atoms with Crippen LogP contribution in [0.25, 0.3) is 0 Å². The lowest BCUT2D eigenvalue weighted by Crippen LogP contribution is -2.35. The van der Waals surface area contributed by atoms with Crippen molar-refractivity contribution in [3.05, 3.63) is 71.3 Å². The SMILES string of the molecule is C[Si](C)(C)CCOCn1ccnc1CN(Cc1nccn1COCC[Si](C)(C)C)C(=O)c1ccc2c(c1)CCN(C(=O)O)C2. The summed E-state index contributed by atoms with van der Waals surface area (Å²) in [7, 11) is -2.42. The summed E-state index contributed by atoms with van der Waals surface area (Å²) in [6, 6.07) is 7.72. The summed E-state index contributed by atoms with van der Waals surface area (Å²) in [5.41, 5.74) is 2.49. The van der Waals surface area contributed by atoms with Crippen LogP contribution in [0.15, 0.2) is 43.0 Å². The van der Waals surface area contributed by atoms with E-state index in [1.807, 2.05) is 33.7 Å². The van der Waals surface area contributed by atoms with Crippen molar-refractivity contribution in [3.63, 3.8) is 0 Å². The van der Waals surface area contributed by atoms with Crippen molar-refractivity contribution < 1.29 is 24.2 Å². The van der Waals surface area contributed by atoms with Gasteiger partial charge in [0.1, 0.15) is 25.1 Å². The van der Waals surface area contributed by atoms with Crippen molar-refractivity contribution in [2.75, 3.05) is 19.8 Å². The number of aromatic nitrogens is 4. The summed E-state index contributed by atoms with van der Waals surface area (Å²) in [5, 5.41) is 9.41. The predicted octanol–water partition coefficient (Wildman–Crippen LogP) is 5.58. The first-order valence-corrected chi connectivity index (χ1v) is 22.7. The third-order valence-electron chi connectivity index (χ3n) is 7.74. The molecule has 0 atom stereocenters. The number of ether oxygens (including phenoxy) is 2. The number of benzene rings is 1. The van der Waals surface area contributed by atoms with E-state index in [1.54, 1.807) is 23.4 Å². The molecule has 11 nitrogen and oxygen atoms in total. The maximum absolute atomic E-state index is 14.1. The number of carbonyl (C=O) groups is 2. The highest BCUT2D eigenvalue weighted by molar-refractivity contribution is 6.76. The molecule has 1 aliphatic heterocycles. The Hall–Kier alpha value is -3.27. The molecule has 0 radical (unpaired) electrons. The Labute approximate surface area is 262 Å². The second kappa shape index (κ2) is 14.7. The molecule has 3 aromatic rings. The van der Waals surface area contributed by atoms with Crippen LogP contribution in [0.3, 0.4) is 0 Å². The van der Waals surface area contributed by atoms with E-state index in [1.165, 1.54) is 4.90 Å². The number of rotatable bonds is 15. The fraction of sp³-hybridized carbons (Fsp3) is 0.548. The molecule has 0 fully saturated rings. The Morgan fingerprint density at radius 1 is 0.864 bits per heavy atom. The molecule has 2 aromatic heterocycles. The second-order valence-corrected chi connectivity index (χ2v) is 25.2. The molecule has 0 unspecified atom stereocenters. The Morgan fingerprint density at radius 3 is 1.91 bits per heavy atom. The summed E-state index contributed by atoms with van der Waals surface area (Å²) >= 11 is 0. The smallest absolute Gasteiger partial charge is 0.407 e. The van der Waals surface area contributed by atoms with Crippen LogP contribution in [-0.4, -0.2) is 81.9 Å². The summed E-state index contributed by atoms with van der Waals surface area (Å²) in [6.45, 7) is 17.4. The van der Waals surface area contributed by atoms with Gasteiger partial charge in [-0.2, -0.15) is 0 Å². The molecule has 1 aliphatic rings. The Morgan fingerprint density at radius 2 is 1.41 bits per heavy atom. The van der Waals surface area contributed by atoms with Crippen molar-refractivity contribution in [2.24, 2.45) is 0 Å². The van der Waals surface area contributed by atoms with Crippen LogP contribution >= 0.6 is 0 Å². The van der Waals surface area contributed by atoms with Crippen molar-refractivity contribution in [3.8, 4) is 0 Å². The van der Waals surface area contributed by atoms with Gasteiger partial charge in [0.25, 0.3) is 5.91 Å². The molecule has 44 heavy (non-hydrogen) atoms. The van der Waals surface area contributed by atoms with Gasteiger partial charge in [-0.1, -0.05) is 45.3 Å². The lowest BCUT2D eigenvalue weighted by atomic mass is 9.97.